The number of esters is 1. The largest absolute Gasteiger partial charge is 0.462 e. The van der Waals surface area contributed by atoms with Gasteiger partial charge in [-0.25, -0.2) is 9.78 Å². The number of ketones is 1. The molecule has 176 valence electrons. The molecule has 34 heavy (non-hydrogen) atoms. The summed E-state index contributed by atoms with van der Waals surface area (Å²) in [5.74, 6) is -0.746. The zero-order chi connectivity index (χ0) is 24.6. The molecule has 0 amide bonds. The van der Waals surface area contributed by atoms with Crippen LogP contribution in [-0.4, -0.2) is 38.6 Å². The number of thioether (sulfide) groups is 1. The third-order valence-electron chi connectivity index (χ3n) is 5.65. The van der Waals surface area contributed by atoms with Crippen LogP contribution in [0.1, 0.15) is 49.5 Å². The van der Waals surface area contributed by atoms with Gasteiger partial charge in [-0.15, -0.1) is 11.3 Å². The molecule has 0 unspecified atom stereocenters. The van der Waals surface area contributed by atoms with Crippen molar-refractivity contribution in [3.8, 4) is 5.69 Å². The molecule has 0 aliphatic heterocycles. The number of Topliss-reactive ketones (excluding diaryl/α,β-unsaturated/α-hetero) is 1. The number of para-hydroxylation sites is 1. The second kappa shape index (κ2) is 9.60. The molecule has 9 heteroatoms. The number of carbonyl (C=O) groups is 2. The van der Waals surface area contributed by atoms with Crippen molar-refractivity contribution < 1.29 is 14.3 Å². The third-order valence-corrected chi connectivity index (χ3v) is 7.69. The van der Waals surface area contributed by atoms with Gasteiger partial charge in [0.05, 0.1) is 34.6 Å². The lowest BCUT2D eigenvalue weighted by molar-refractivity contribution is 0.0522. The van der Waals surface area contributed by atoms with Crippen LogP contribution in [0.25, 0.3) is 15.9 Å². The minimum atomic E-state index is -0.525. The molecule has 1 N–H and O–H groups in total. The van der Waals surface area contributed by atoms with Gasteiger partial charge in [-0.2, -0.15) is 0 Å². The Bertz CT molecular complexity index is 1470. The lowest BCUT2D eigenvalue weighted by Gasteiger charge is -2.12. The Hall–Kier alpha value is -3.17. The van der Waals surface area contributed by atoms with Crippen LogP contribution < -0.4 is 5.56 Å². The van der Waals surface area contributed by atoms with Crippen LogP contribution in [0.2, 0.25) is 0 Å². The lowest BCUT2D eigenvalue weighted by Crippen LogP contribution is -2.22. The Morgan fingerprint density at radius 2 is 1.76 bits per heavy atom. The number of aromatic nitrogens is 3. The Labute approximate surface area is 205 Å². The minimum Gasteiger partial charge on any atom is -0.462 e. The quantitative estimate of drug-likeness (QED) is 0.165. The van der Waals surface area contributed by atoms with E-state index in [0.29, 0.717) is 38.0 Å². The van der Waals surface area contributed by atoms with Gasteiger partial charge < -0.3 is 9.72 Å². The van der Waals surface area contributed by atoms with Gasteiger partial charge in [0.2, 0.25) is 0 Å². The molecule has 0 spiro atoms. The predicted octanol–water partition coefficient (Wildman–Crippen LogP) is 5.16. The zero-order valence-electron chi connectivity index (χ0n) is 19.6. The SMILES string of the molecule is CCOC(=O)c1c(C)[nH]c(C)c1C(=O)CSc1nc2sc(C)c(C)c2c(=O)n1-c1ccccc1. The summed E-state index contributed by atoms with van der Waals surface area (Å²) in [5.41, 5.74) is 3.23. The number of H-pyrrole nitrogens is 1. The van der Waals surface area contributed by atoms with E-state index in [9.17, 15) is 14.4 Å². The summed E-state index contributed by atoms with van der Waals surface area (Å²) in [5, 5.41) is 1.03. The Kier molecular flexibility index (Phi) is 6.77. The van der Waals surface area contributed by atoms with Crippen LogP contribution in [0.3, 0.4) is 0 Å². The summed E-state index contributed by atoms with van der Waals surface area (Å²) in [4.78, 5) is 48.8. The summed E-state index contributed by atoms with van der Waals surface area (Å²) >= 11 is 2.65. The summed E-state index contributed by atoms with van der Waals surface area (Å²) < 4.78 is 6.71. The van der Waals surface area contributed by atoms with E-state index in [4.69, 9.17) is 9.72 Å². The average molecular weight is 496 g/mol. The summed E-state index contributed by atoms with van der Waals surface area (Å²) in [6.07, 6.45) is 0. The van der Waals surface area contributed by atoms with Gasteiger partial charge in [0, 0.05) is 16.3 Å². The number of rotatable bonds is 7. The van der Waals surface area contributed by atoms with Crippen LogP contribution in [0.5, 0.6) is 0 Å². The molecule has 4 aromatic rings. The molecule has 4 rings (SSSR count). The summed E-state index contributed by atoms with van der Waals surface area (Å²) in [6, 6.07) is 9.27. The highest BCUT2D eigenvalue weighted by atomic mass is 32.2. The highest BCUT2D eigenvalue weighted by Crippen LogP contribution is 2.30. The first-order valence-corrected chi connectivity index (χ1v) is 12.6. The molecule has 0 atom stereocenters. The third kappa shape index (κ3) is 4.21. The lowest BCUT2D eigenvalue weighted by atomic mass is 10.1. The van der Waals surface area contributed by atoms with E-state index >= 15 is 0 Å². The predicted molar refractivity (Wildman–Crippen MR) is 136 cm³/mol. The molecule has 0 radical (unpaired) electrons. The number of hydrogen-bond donors (Lipinski definition) is 1. The maximum Gasteiger partial charge on any atom is 0.340 e. The smallest absolute Gasteiger partial charge is 0.340 e. The topological polar surface area (TPSA) is 94.1 Å². The maximum absolute atomic E-state index is 13.5. The molecular weight excluding hydrogens is 470 g/mol. The normalized spacial score (nSPS) is 11.2. The minimum absolute atomic E-state index is 0.0126. The van der Waals surface area contributed by atoms with Crippen molar-refractivity contribution in [1.82, 2.24) is 14.5 Å². The molecule has 7 nitrogen and oxygen atoms in total. The van der Waals surface area contributed by atoms with Gasteiger partial charge in [0.15, 0.2) is 10.9 Å². The Morgan fingerprint density at radius 3 is 2.44 bits per heavy atom. The van der Waals surface area contributed by atoms with Gasteiger partial charge in [0.25, 0.3) is 5.56 Å². The molecule has 0 saturated heterocycles. The standard InChI is InChI=1S/C25H25N3O4S2/c1-6-32-24(31)21-15(4)26-14(3)20(21)18(29)12-33-25-27-22-19(13(2)16(5)34-22)23(30)28(25)17-10-8-7-9-11-17/h7-11,26H,6,12H2,1-5H3. The number of hydrogen-bond acceptors (Lipinski definition) is 7. The number of aryl methyl sites for hydroxylation is 4. The van der Waals surface area contributed by atoms with Crippen molar-refractivity contribution in [3.63, 3.8) is 0 Å². The molecular formula is C25H25N3O4S2. The fourth-order valence-corrected chi connectivity index (χ4v) is 5.92. The van der Waals surface area contributed by atoms with Gasteiger partial charge >= 0.3 is 5.97 Å². The van der Waals surface area contributed by atoms with Crippen molar-refractivity contribution in [1.29, 1.82) is 0 Å². The highest BCUT2D eigenvalue weighted by Gasteiger charge is 2.26. The van der Waals surface area contributed by atoms with Crippen LogP contribution in [0.4, 0.5) is 0 Å². The highest BCUT2D eigenvalue weighted by molar-refractivity contribution is 7.99. The van der Waals surface area contributed by atoms with Crippen LogP contribution in [-0.2, 0) is 4.74 Å². The van der Waals surface area contributed by atoms with Crippen molar-refractivity contribution in [2.75, 3.05) is 12.4 Å². The van der Waals surface area contributed by atoms with E-state index in [1.54, 1.807) is 25.3 Å². The molecule has 0 aliphatic rings. The van der Waals surface area contributed by atoms with Crippen LogP contribution in [0.15, 0.2) is 40.3 Å². The van der Waals surface area contributed by atoms with Gasteiger partial charge in [-0.05, 0) is 52.3 Å². The number of benzene rings is 1. The number of nitrogens with zero attached hydrogens (tertiary/aromatic N) is 2. The first-order valence-electron chi connectivity index (χ1n) is 10.8. The Morgan fingerprint density at radius 1 is 1.09 bits per heavy atom. The first-order chi connectivity index (χ1) is 16.2. The van der Waals surface area contributed by atoms with E-state index in [-0.39, 0.29) is 29.3 Å². The fraction of sp³-hybridized carbons (Fsp3) is 0.280. The number of ether oxygens (including phenoxy) is 1. The second-order valence-electron chi connectivity index (χ2n) is 7.89. The van der Waals surface area contributed by atoms with Crippen molar-refractivity contribution in [2.45, 2.75) is 39.8 Å². The zero-order valence-corrected chi connectivity index (χ0v) is 21.3. The van der Waals surface area contributed by atoms with E-state index in [2.05, 4.69) is 4.98 Å². The number of thiophene rings is 1. The summed E-state index contributed by atoms with van der Waals surface area (Å²) in [6.45, 7) is 9.35. The molecule has 3 heterocycles. The van der Waals surface area contributed by atoms with Crippen LogP contribution >= 0.6 is 23.1 Å². The van der Waals surface area contributed by atoms with Gasteiger partial charge in [-0.1, -0.05) is 30.0 Å². The van der Waals surface area contributed by atoms with Gasteiger partial charge in [-0.3, -0.25) is 14.2 Å². The average Bonchev–Trinajstić information content (AvgIpc) is 3.26. The fourth-order valence-electron chi connectivity index (χ4n) is 3.97. The number of fused-ring (bicyclic) bond motifs is 1. The van der Waals surface area contributed by atoms with Crippen molar-refractivity contribution in [3.05, 3.63) is 73.6 Å². The molecule has 0 fully saturated rings. The van der Waals surface area contributed by atoms with Crippen molar-refractivity contribution in [2.24, 2.45) is 0 Å². The summed E-state index contributed by atoms with van der Waals surface area (Å²) in [7, 11) is 0. The maximum atomic E-state index is 13.5. The van der Waals surface area contributed by atoms with E-state index in [1.165, 1.54) is 23.1 Å². The second-order valence-corrected chi connectivity index (χ2v) is 10.0. The first kappa shape index (κ1) is 24.0. The van der Waals surface area contributed by atoms with E-state index in [1.807, 2.05) is 44.2 Å². The van der Waals surface area contributed by atoms with Crippen LogP contribution in [0, 0.1) is 27.7 Å². The molecule has 3 aromatic heterocycles. The molecule has 0 bridgehead atoms. The Balaban J connectivity index is 1.76. The van der Waals surface area contributed by atoms with E-state index in [0.717, 1.165) is 10.4 Å². The number of aromatic amines is 1. The number of nitrogens with one attached hydrogen (secondary N) is 1. The molecule has 0 aliphatic carbocycles. The number of carbonyl (C=O) groups excluding carboxylic acids is 2. The monoisotopic (exact) mass is 495 g/mol. The van der Waals surface area contributed by atoms with Gasteiger partial charge in [0.1, 0.15) is 4.83 Å². The molecule has 0 saturated carbocycles. The molecule has 1 aromatic carbocycles. The van der Waals surface area contributed by atoms with Crippen molar-refractivity contribution >= 4 is 45.1 Å². The van der Waals surface area contributed by atoms with E-state index < -0.39 is 5.97 Å².